The molecule has 2 heteroatoms. The second-order valence-electron chi connectivity index (χ2n) is 10.8. The van der Waals surface area contributed by atoms with Crippen molar-refractivity contribution in [3.8, 4) is 0 Å². The van der Waals surface area contributed by atoms with E-state index in [0.29, 0.717) is 17.3 Å². The van der Waals surface area contributed by atoms with Crippen LogP contribution >= 0.6 is 0 Å². The number of allylic oxidation sites excluding steroid dienone is 5. The van der Waals surface area contributed by atoms with Crippen molar-refractivity contribution >= 4 is 0 Å². The number of hydrogen-bond donors (Lipinski definition) is 2. The second kappa shape index (κ2) is 8.94. The van der Waals surface area contributed by atoms with Crippen LogP contribution in [0.5, 0.6) is 0 Å². The summed E-state index contributed by atoms with van der Waals surface area (Å²) < 4.78 is 0. The molecule has 0 amide bonds. The van der Waals surface area contributed by atoms with Crippen LogP contribution in [0.15, 0.2) is 47.6 Å². The van der Waals surface area contributed by atoms with Gasteiger partial charge in [-0.3, -0.25) is 0 Å². The summed E-state index contributed by atoms with van der Waals surface area (Å²) in [5.74, 6) is 2.09. The van der Waals surface area contributed by atoms with E-state index in [1.165, 1.54) is 43.3 Å². The highest BCUT2D eigenvalue weighted by atomic mass is 16.3. The van der Waals surface area contributed by atoms with Gasteiger partial charge in [-0.05, 0) is 100 Å². The monoisotopic (exact) mass is 398 g/mol. The number of aliphatic hydroxyl groups is 2. The first-order valence-corrected chi connectivity index (χ1v) is 11.8. The molecule has 0 heterocycles. The minimum atomic E-state index is -0.715. The van der Waals surface area contributed by atoms with Crippen LogP contribution in [-0.4, -0.2) is 21.9 Å². The molecule has 162 valence electrons. The lowest BCUT2D eigenvalue weighted by atomic mass is 9.61. The van der Waals surface area contributed by atoms with Crippen LogP contribution < -0.4 is 0 Å². The van der Waals surface area contributed by atoms with Gasteiger partial charge in [-0.25, -0.2) is 0 Å². The number of rotatable bonds is 5. The van der Waals surface area contributed by atoms with Crippen molar-refractivity contribution < 1.29 is 10.2 Å². The van der Waals surface area contributed by atoms with E-state index >= 15 is 0 Å². The van der Waals surface area contributed by atoms with Gasteiger partial charge in [0.25, 0.3) is 0 Å². The van der Waals surface area contributed by atoms with Gasteiger partial charge in [0.05, 0.1) is 11.7 Å². The topological polar surface area (TPSA) is 40.5 Å². The summed E-state index contributed by atoms with van der Waals surface area (Å²) >= 11 is 0. The molecule has 0 saturated heterocycles. The highest BCUT2D eigenvalue weighted by molar-refractivity contribution is 5.36. The Bertz CT molecular complexity index is 690. The molecule has 0 aromatic heterocycles. The summed E-state index contributed by atoms with van der Waals surface area (Å²) in [4.78, 5) is 0. The van der Waals surface area contributed by atoms with Crippen LogP contribution in [0, 0.1) is 23.2 Å². The summed E-state index contributed by atoms with van der Waals surface area (Å²) in [5, 5.41) is 20.0. The fraction of sp³-hybridized carbons (Fsp3) is 0.704. The molecule has 5 atom stereocenters. The van der Waals surface area contributed by atoms with E-state index in [2.05, 4.69) is 38.7 Å². The molecule has 0 aromatic carbocycles. The zero-order chi connectivity index (χ0) is 21.2. The van der Waals surface area contributed by atoms with E-state index in [0.717, 1.165) is 31.6 Å². The van der Waals surface area contributed by atoms with E-state index in [4.69, 9.17) is 0 Å². The summed E-state index contributed by atoms with van der Waals surface area (Å²) in [6.45, 7) is 12.8. The average molecular weight is 399 g/mol. The molecule has 0 aliphatic heterocycles. The molecule has 0 aromatic rings. The fourth-order valence-corrected chi connectivity index (χ4v) is 6.34. The van der Waals surface area contributed by atoms with Gasteiger partial charge in [-0.15, -0.1) is 0 Å². The maximum atomic E-state index is 10.0. The van der Waals surface area contributed by atoms with Gasteiger partial charge in [-0.2, -0.15) is 0 Å². The molecule has 29 heavy (non-hydrogen) atoms. The van der Waals surface area contributed by atoms with Crippen molar-refractivity contribution in [3.63, 3.8) is 0 Å². The first-order valence-electron chi connectivity index (χ1n) is 11.8. The zero-order valence-electron chi connectivity index (χ0n) is 19.1. The van der Waals surface area contributed by atoms with E-state index in [-0.39, 0.29) is 6.10 Å². The van der Waals surface area contributed by atoms with Crippen molar-refractivity contribution in [2.45, 2.75) is 97.2 Å². The van der Waals surface area contributed by atoms with Crippen molar-refractivity contribution in [2.75, 3.05) is 0 Å². The highest BCUT2D eigenvalue weighted by Crippen LogP contribution is 2.59. The number of fused-ring (bicyclic) bond motifs is 1. The van der Waals surface area contributed by atoms with Crippen LogP contribution in [-0.2, 0) is 0 Å². The Morgan fingerprint density at radius 1 is 1.21 bits per heavy atom. The Labute approximate surface area is 178 Å². The molecule has 2 N–H and O–H groups in total. The van der Waals surface area contributed by atoms with Crippen LogP contribution in [0.25, 0.3) is 0 Å². The molecular formula is C27H42O2. The number of hydrogen-bond acceptors (Lipinski definition) is 2. The van der Waals surface area contributed by atoms with Crippen LogP contribution in [0.1, 0.15) is 85.5 Å². The van der Waals surface area contributed by atoms with Crippen LogP contribution in [0.4, 0.5) is 0 Å². The average Bonchev–Trinajstić information content (AvgIpc) is 2.99. The van der Waals surface area contributed by atoms with Gasteiger partial charge < -0.3 is 10.2 Å². The predicted molar refractivity (Wildman–Crippen MR) is 123 cm³/mol. The van der Waals surface area contributed by atoms with Crippen molar-refractivity contribution in [1.29, 1.82) is 0 Å². The van der Waals surface area contributed by atoms with E-state index in [1.807, 2.05) is 19.9 Å². The van der Waals surface area contributed by atoms with E-state index < -0.39 is 5.60 Å². The van der Waals surface area contributed by atoms with Crippen molar-refractivity contribution in [3.05, 3.63) is 47.6 Å². The molecule has 3 fully saturated rings. The SMILES string of the molecule is C=C1CC[C@H](O)C/C1=C/C=C1\CCC[C@]2(C)[C@@H]([C@H](C)C/C=C/C(C)(C)O)CC[C@@H]12. The van der Waals surface area contributed by atoms with Crippen molar-refractivity contribution in [1.82, 2.24) is 0 Å². The quantitative estimate of drug-likeness (QED) is 0.518. The van der Waals surface area contributed by atoms with E-state index in [1.54, 1.807) is 5.57 Å². The van der Waals surface area contributed by atoms with Crippen molar-refractivity contribution in [2.24, 2.45) is 23.2 Å². The maximum Gasteiger partial charge on any atom is 0.0771 e. The lowest BCUT2D eigenvalue weighted by Crippen LogP contribution is -2.35. The fourth-order valence-electron chi connectivity index (χ4n) is 6.34. The zero-order valence-corrected chi connectivity index (χ0v) is 19.1. The minimum Gasteiger partial charge on any atom is -0.393 e. The van der Waals surface area contributed by atoms with Crippen LogP contribution in [0.3, 0.4) is 0 Å². The molecule has 0 radical (unpaired) electrons. The van der Waals surface area contributed by atoms with Crippen LogP contribution in [0.2, 0.25) is 0 Å². The molecule has 3 aliphatic carbocycles. The first kappa shape index (κ1) is 22.6. The third-order valence-corrected chi connectivity index (χ3v) is 7.95. The molecule has 3 aliphatic rings. The molecule has 3 rings (SSSR count). The summed E-state index contributed by atoms with van der Waals surface area (Å²) in [5.41, 5.74) is 3.77. The second-order valence-corrected chi connectivity index (χ2v) is 10.8. The van der Waals surface area contributed by atoms with Gasteiger partial charge in [0.1, 0.15) is 0 Å². The third-order valence-electron chi connectivity index (χ3n) is 7.95. The molecule has 0 bridgehead atoms. The molecular weight excluding hydrogens is 356 g/mol. The number of aliphatic hydroxyl groups excluding tert-OH is 1. The lowest BCUT2D eigenvalue weighted by molar-refractivity contribution is 0.0979. The van der Waals surface area contributed by atoms with Gasteiger partial charge >= 0.3 is 0 Å². The van der Waals surface area contributed by atoms with E-state index in [9.17, 15) is 10.2 Å². The standard InChI is InChI=1S/C27H42O2/c1-19-10-13-23(28)18-22(19)12-11-21-9-7-17-27(5)24(14-15-25(21)27)20(2)8-6-16-26(3,4)29/h6,11-12,16,20,23-25,28-29H,1,7-10,13-15,17-18H2,2-5H3/b16-6+,21-11+,22-12-/t20-,23+,24-,25+,27-/m1/s1. The molecule has 3 saturated carbocycles. The van der Waals surface area contributed by atoms with Gasteiger partial charge in [0.2, 0.25) is 0 Å². The largest absolute Gasteiger partial charge is 0.393 e. The van der Waals surface area contributed by atoms with Gasteiger partial charge in [0, 0.05) is 0 Å². The Balaban J connectivity index is 1.72. The molecule has 0 unspecified atom stereocenters. The summed E-state index contributed by atoms with van der Waals surface area (Å²) in [7, 11) is 0. The molecule has 0 spiro atoms. The third kappa shape index (κ3) is 5.33. The van der Waals surface area contributed by atoms with Gasteiger partial charge in [0.15, 0.2) is 0 Å². The Morgan fingerprint density at radius 3 is 2.69 bits per heavy atom. The molecule has 2 nitrogen and oxygen atoms in total. The first-order chi connectivity index (χ1) is 13.6. The lowest BCUT2D eigenvalue weighted by Gasteiger charge is -2.44. The Hall–Kier alpha value is -1.12. The Kier molecular flexibility index (Phi) is 6.95. The minimum absolute atomic E-state index is 0.199. The normalized spacial score (nSPS) is 37.4. The highest BCUT2D eigenvalue weighted by Gasteiger charge is 2.50. The van der Waals surface area contributed by atoms with Gasteiger partial charge in [-0.1, -0.05) is 55.9 Å². The summed E-state index contributed by atoms with van der Waals surface area (Å²) in [6.07, 6.45) is 18.7. The predicted octanol–water partition coefficient (Wildman–Crippen LogP) is 6.51. The smallest absolute Gasteiger partial charge is 0.0771 e. The maximum absolute atomic E-state index is 10.0. The summed E-state index contributed by atoms with van der Waals surface area (Å²) in [6, 6.07) is 0. The Morgan fingerprint density at radius 2 is 1.97 bits per heavy atom.